The van der Waals surface area contributed by atoms with Crippen LogP contribution in [0, 0.1) is 0 Å². The highest BCUT2D eigenvalue weighted by Crippen LogP contribution is 2.31. The van der Waals surface area contributed by atoms with Gasteiger partial charge in [-0.3, -0.25) is 0 Å². The number of methoxy groups -OCH3 is 1. The Balaban J connectivity index is 1.67. The van der Waals surface area contributed by atoms with E-state index in [-0.39, 0.29) is 5.75 Å². The first-order valence-electron chi connectivity index (χ1n) is 8.82. The molecule has 0 radical (unpaired) electrons. The van der Waals surface area contributed by atoms with Crippen molar-refractivity contribution in [2.45, 2.75) is 20.0 Å². The van der Waals surface area contributed by atoms with Crippen molar-refractivity contribution in [3.63, 3.8) is 0 Å². The Morgan fingerprint density at radius 3 is 2.54 bits per heavy atom. The molecule has 0 saturated carbocycles. The maximum absolute atomic E-state index is 10.1. The average molecular weight is 346 g/mol. The monoisotopic (exact) mass is 346 g/mol. The van der Waals surface area contributed by atoms with Gasteiger partial charge >= 0.3 is 0 Å². The van der Waals surface area contributed by atoms with Crippen LogP contribution in [-0.4, -0.2) is 16.8 Å². The molecule has 0 aliphatic rings. The Morgan fingerprint density at radius 1 is 0.962 bits per heavy atom. The minimum absolute atomic E-state index is 0.237. The molecule has 4 rings (SSSR count). The molecule has 0 atom stereocenters. The van der Waals surface area contributed by atoms with E-state index in [9.17, 15) is 5.11 Å². The van der Waals surface area contributed by atoms with Crippen LogP contribution in [0.5, 0.6) is 11.5 Å². The number of phenols is 1. The molecule has 3 aromatic carbocycles. The average Bonchev–Trinajstić information content (AvgIpc) is 3.00. The Hall–Kier alpha value is -3.14. The molecule has 0 aliphatic carbocycles. The molecule has 0 saturated heterocycles. The van der Waals surface area contributed by atoms with E-state index < -0.39 is 0 Å². The van der Waals surface area contributed by atoms with E-state index >= 15 is 0 Å². The molecule has 4 aromatic rings. The molecule has 0 bridgehead atoms. The van der Waals surface area contributed by atoms with E-state index in [1.165, 1.54) is 21.8 Å². The lowest BCUT2D eigenvalue weighted by Crippen LogP contribution is -2.00. The Labute approximate surface area is 152 Å². The number of hydrogen-bond acceptors (Lipinski definition) is 3. The number of ether oxygens (including phenoxy) is 1. The van der Waals surface area contributed by atoms with E-state index in [4.69, 9.17) is 4.74 Å². The lowest BCUT2D eigenvalue weighted by atomic mass is 10.1. The molecule has 0 unspecified atom stereocenters. The summed E-state index contributed by atoms with van der Waals surface area (Å²) in [5.74, 6) is 0.889. The van der Waals surface area contributed by atoms with Gasteiger partial charge < -0.3 is 19.7 Å². The first-order valence-corrected chi connectivity index (χ1v) is 8.82. The number of fused-ring (bicyclic) bond motifs is 3. The van der Waals surface area contributed by atoms with E-state index in [0.717, 1.165) is 17.8 Å². The molecular weight excluding hydrogens is 324 g/mol. The highest BCUT2D eigenvalue weighted by molar-refractivity contribution is 6.09. The topological polar surface area (TPSA) is 46.4 Å². The summed E-state index contributed by atoms with van der Waals surface area (Å²) in [6.45, 7) is 3.66. The van der Waals surface area contributed by atoms with Gasteiger partial charge in [0, 0.05) is 52.2 Å². The normalized spacial score (nSPS) is 11.2. The number of hydrogen-bond donors (Lipinski definition) is 2. The largest absolute Gasteiger partial charge is 0.507 e. The van der Waals surface area contributed by atoms with Gasteiger partial charge in [-0.2, -0.15) is 0 Å². The van der Waals surface area contributed by atoms with Crippen LogP contribution in [0.25, 0.3) is 21.8 Å². The fourth-order valence-corrected chi connectivity index (χ4v) is 3.52. The van der Waals surface area contributed by atoms with Crippen LogP contribution in [0.3, 0.4) is 0 Å². The summed E-state index contributed by atoms with van der Waals surface area (Å²) >= 11 is 0. The van der Waals surface area contributed by atoms with Gasteiger partial charge in [0.15, 0.2) is 0 Å². The van der Waals surface area contributed by atoms with Crippen LogP contribution in [0.4, 0.5) is 5.69 Å². The maximum Gasteiger partial charge on any atom is 0.124 e. The number of aromatic hydroxyl groups is 1. The highest BCUT2D eigenvalue weighted by Gasteiger charge is 2.10. The zero-order chi connectivity index (χ0) is 18.1. The van der Waals surface area contributed by atoms with Crippen molar-refractivity contribution in [2.75, 3.05) is 12.4 Å². The molecule has 0 amide bonds. The number of anilines is 1. The second-order valence-corrected chi connectivity index (χ2v) is 6.34. The summed E-state index contributed by atoms with van der Waals surface area (Å²) in [6, 6.07) is 20.3. The summed E-state index contributed by atoms with van der Waals surface area (Å²) < 4.78 is 7.47. The maximum atomic E-state index is 10.1. The number of phenolic OH excluding ortho intramolecular Hbond substituents is 1. The molecule has 1 heterocycles. The summed E-state index contributed by atoms with van der Waals surface area (Å²) in [7, 11) is 1.59. The second kappa shape index (κ2) is 6.64. The van der Waals surface area contributed by atoms with Gasteiger partial charge in [0.2, 0.25) is 0 Å². The molecule has 2 N–H and O–H groups in total. The highest BCUT2D eigenvalue weighted by atomic mass is 16.5. The number of para-hydroxylation sites is 1. The van der Waals surface area contributed by atoms with Gasteiger partial charge in [-0.05, 0) is 43.3 Å². The van der Waals surface area contributed by atoms with Crippen molar-refractivity contribution in [2.24, 2.45) is 0 Å². The molecule has 0 aliphatic heterocycles. The molecule has 4 nitrogen and oxygen atoms in total. The third kappa shape index (κ3) is 2.73. The SMILES string of the molecule is CCn1c2ccccc2c2cc(NCc3ccc(OC)cc3O)ccc21. The van der Waals surface area contributed by atoms with Gasteiger partial charge in [0.05, 0.1) is 7.11 Å². The number of nitrogens with one attached hydrogen (secondary N) is 1. The Bertz CT molecular complexity index is 1080. The molecule has 0 spiro atoms. The summed E-state index contributed by atoms with van der Waals surface area (Å²) in [4.78, 5) is 0. The first kappa shape index (κ1) is 16.3. The van der Waals surface area contributed by atoms with Gasteiger partial charge in [-0.1, -0.05) is 18.2 Å². The molecule has 132 valence electrons. The minimum Gasteiger partial charge on any atom is -0.507 e. The Kier molecular flexibility index (Phi) is 4.17. The van der Waals surface area contributed by atoms with Crippen LogP contribution in [-0.2, 0) is 13.1 Å². The molecule has 1 aromatic heterocycles. The molecular formula is C22H22N2O2. The van der Waals surface area contributed by atoms with Crippen molar-refractivity contribution in [3.8, 4) is 11.5 Å². The summed E-state index contributed by atoms with van der Waals surface area (Å²) in [6.07, 6.45) is 0. The third-order valence-corrected chi connectivity index (χ3v) is 4.86. The first-order chi connectivity index (χ1) is 12.7. The van der Waals surface area contributed by atoms with E-state index in [2.05, 4.69) is 59.3 Å². The molecule has 0 fully saturated rings. The summed E-state index contributed by atoms with van der Waals surface area (Å²) in [5.41, 5.74) is 4.37. The number of nitrogens with zero attached hydrogens (tertiary/aromatic N) is 1. The second-order valence-electron chi connectivity index (χ2n) is 6.34. The lowest BCUT2D eigenvalue weighted by Gasteiger charge is -2.10. The van der Waals surface area contributed by atoms with Crippen molar-refractivity contribution in [1.82, 2.24) is 4.57 Å². The fraction of sp³-hybridized carbons (Fsp3) is 0.182. The number of aromatic nitrogens is 1. The smallest absolute Gasteiger partial charge is 0.124 e. The predicted octanol–water partition coefficient (Wildman–Crippen LogP) is 5.14. The van der Waals surface area contributed by atoms with Crippen LogP contribution in [0.2, 0.25) is 0 Å². The quantitative estimate of drug-likeness (QED) is 0.526. The molecule has 4 heteroatoms. The van der Waals surface area contributed by atoms with E-state index in [0.29, 0.717) is 12.3 Å². The van der Waals surface area contributed by atoms with Crippen molar-refractivity contribution >= 4 is 27.5 Å². The number of rotatable bonds is 5. The zero-order valence-corrected chi connectivity index (χ0v) is 15.0. The lowest BCUT2D eigenvalue weighted by molar-refractivity contribution is 0.406. The van der Waals surface area contributed by atoms with Crippen LogP contribution in [0.15, 0.2) is 60.7 Å². The van der Waals surface area contributed by atoms with Gasteiger partial charge in [0.25, 0.3) is 0 Å². The van der Waals surface area contributed by atoms with Crippen molar-refractivity contribution < 1.29 is 9.84 Å². The van der Waals surface area contributed by atoms with E-state index in [1.807, 2.05) is 12.1 Å². The van der Waals surface area contributed by atoms with E-state index in [1.54, 1.807) is 13.2 Å². The summed E-state index contributed by atoms with van der Waals surface area (Å²) in [5, 5.41) is 16.0. The third-order valence-electron chi connectivity index (χ3n) is 4.86. The van der Waals surface area contributed by atoms with Gasteiger partial charge in [0.1, 0.15) is 11.5 Å². The Morgan fingerprint density at radius 2 is 1.77 bits per heavy atom. The number of aryl methyl sites for hydroxylation is 1. The van der Waals surface area contributed by atoms with Gasteiger partial charge in [-0.15, -0.1) is 0 Å². The van der Waals surface area contributed by atoms with Crippen LogP contribution < -0.4 is 10.1 Å². The minimum atomic E-state index is 0.237. The van der Waals surface area contributed by atoms with Crippen LogP contribution >= 0.6 is 0 Å². The standard InChI is InChI=1S/C22H22N2O2/c1-3-24-20-7-5-4-6-18(20)19-12-16(9-11-21(19)24)23-14-15-8-10-17(26-2)13-22(15)25/h4-13,23,25H,3,14H2,1-2H3. The van der Waals surface area contributed by atoms with Crippen LogP contribution in [0.1, 0.15) is 12.5 Å². The van der Waals surface area contributed by atoms with Crippen molar-refractivity contribution in [1.29, 1.82) is 0 Å². The fourth-order valence-electron chi connectivity index (χ4n) is 3.52. The predicted molar refractivity (Wildman–Crippen MR) is 107 cm³/mol. The van der Waals surface area contributed by atoms with Crippen molar-refractivity contribution in [3.05, 3.63) is 66.2 Å². The van der Waals surface area contributed by atoms with Gasteiger partial charge in [-0.25, -0.2) is 0 Å². The molecule has 26 heavy (non-hydrogen) atoms. The number of benzene rings is 3. The zero-order valence-electron chi connectivity index (χ0n) is 15.0.